The fraction of sp³-hybridized carbons (Fsp3) is 0.647. The summed E-state index contributed by atoms with van der Waals surface area (Å²) in [5, 5.41) is 10.1. The molecule has 2 aliphatic heterocycles. The van der Waals surface area contributed by atoms with Gasteiger partial charge in [-0.3, -0.25) is 0 Å². The highest BCUT2D eigenvalue weighted by molar-refractivity contribution is 5.57. The molecule has 2 fully saturated rings. The Kier molecular flexibility index (Phi) is 3.38. The molecule has 0 bridgehead atoms. The summed E-state index contributed by atoms with van der Waals surface area (Å²) in [5.74, 6) is 0.584. The molecule has 4 rings (SSSR count). The fourth-order valence-electron chi connectivity index (χ4n) is 3.71. The number of benzene rings is 1. The maximum absolute atomic E-state index is 14.6. The molecule has 0 radical (unpaired) electrons. The predicted molar refractivity (Wildman–Crippen MR) is 83.7 cm³/mol. The summed E-state index contributed by atoms with van der Waals surface area (Å²) in [7, 11) is 0. The van der Waals surface area contributed by atoms with E-state index in [1.54, 1.807) is 0 Å². The molecule has 1 aromatic rings. The van der Waals surface area contributed by atoms with Crippen LogP contribution >= 0.6 is 0 Å². The molecular weight excluding hydrogens is 265 g/mol. The van der Waals surface area contributed by atoms with Crippen molar-refractivity contribution in [3.8, 4) is 0 Å². The summed E-state index contributed by atoms with van der Waals surface area (Å²) < 4.78 is 14.6. The maximum atomic E-state index is 14.6. The quantitative estimate of drug-likeness (QED) is 0.795. The summed E-state index contributed by atoms with van der Waals surface area (Å²) in [6.07, 6.45) is 3.57. The van der Waals surface area contributed by atoms with Crippen LogP contribution < -0.4 is 16.0 Å². The molecule has 1 saturated carbocycles. The van der Waals surface area contributed by atoms with Gasteiger partial charge in [-0.15, -0.1) is 0 Å². The van der Waals surface area contributed by atoms with Crippen LogP contribution in [0, 0.1) is 0 Å². The zero-order valence-electron chi connectivity index (χ0n) is 12.4. The highest BCUT2D eigenvalue weighted by Gasteiger charge is 2.41. The van der Waals surface area contributed by atoms with Crippen molar-refractivity contribution in [2.24, 2.45) is 0 Å². The minimum absolute atomic E-state index is 0.472. The zero-order chi connectivity index (χ0) is 14.3. The zero-order valence-corrected chi connectivity index (χ0v) is 12.4. The lowest BCUT2D eigenvalue weighted by Gasteiger charge is -2.30. The second-order valence-corrected chi connectivity index (χ2v) is 6.82. The molecule has 114 valence electrons. The lowest BCUT2D eigenvalue weighted by molar-refractivity contribution is 0.113. The Hall–Kier alpha value is -1.13. The van der Waals surface area contributed by atoms with E-state index in [4.69, 9.17) is 0 Å². The number of hydrogen-bond donors (Lipinski definition) is 3. The number of rotatable bonds is 4. The van der Waals surface area contributed by atoms with E-state index in [0.29, 0.717) is 31.3 Å². The minimum Gasteiger partial charge on any atom is -0.384 e. The topological polar surface area (TPSA) is 36.1 Å². The van der Waals surface area contributed by atoms with E-state index in [0.717, 1.165) is 32.5 Å². The summed E-state index contributed by atoms with van der Waals surface area (Å²) in [6, 6.07) is 7.26. The van der Waals surface area contributed by atoms with Gasteiger partial charge in [0, 0.05) is 30.7 Å². The summed E-state index contributed by atoms with van der Waals surface area (Å²) in [5.41, 5.74) is 3.16. The molecule has 2 atom stereocenters. The fourth-order valence-corrected chi connectivity index (χ4v) is 3.71. The van der Waals surface area contributed by atoms with Gasteiger partial charge in [0.15, 0.2) is 0 Å². The Labute approximate surface area is 125 Å². The van der Waals surface area contributed by atoms with Gasteiger partial charge in [0.1, 0.15) is 5.67 Å². The van der Waals surface area contributed by atoms with Crippen molar-refractivity contribution >= 4 is 5.69 Å². The van der Waals surface area contributed by atoms with Crippen LogP contribution in [0.25, 0.3) is 0 Å². The van der Waals surface area contributed by atoms with E-state index in [2.05, 4.69) is 34.1 Å². The lowest BCUT2D eigenvalue weighted by atomic mass is 9.94. The van der Waals surface area contributed by atoms with Crippen LogP contribution in [0.5, 0.6) is 0 Å². The molecule has 1 saturated heterocycles. The highest BCUT2D eigenvalue weighted by Crippen LogP contribution is 2.42. The van der Waals surface area contributed by atoms with E-state index in [1.165, 1.54) is 16.8 Å². The van der Waals surface area contributed by atoms with E-state index in [-0.39, 0.29) is 0 Å². The van der Waals surface area contributed by atoms with E-state index in [9.17, 15) is 4.39 Å². The van der Waals surface area contributed by atoms with Gasteiger partial charge in [0.25, 0.3) is 0 Å². The Bertz CT molecular complexity index is 525. The second kappa shape index (κ2) is 5.25. The average molecular weight is 289 g/mol. The third-order valence-electron chi connectivity index (χ3n) is 5.24. The third kappa shape index (κ3) is 2.79. The minimum atomic E-state index is -1.000. The molecule has 4 heteroatoms. The van der Waals surface area contributed by atoms with Crippen molar-refractivity contribution in [3.05, 3.63) is 29.3 Å². The van der Waals surface area contributed by atoms with Crippen LogP contribution in [0.4, 0.5) is 10.1 Å². The smallest absolute Gasteiger partial charge is 0.125 e. The van der Waals surface area contributed by atoms with Gasteiger partial charge >= 0.3 is 0 Å². The SMILES string of the molecule is FC1(CNC2CC2c2ccc3c(c2)CCN3)CCNCC1. The first kappa shape index (κ1) is 13.5. The average Bonchev–Trinajstić information content (AvgIpc) is 3.13. The highest BCUT2D eigenvalue weighted by atomic mass is 19.1. The molecule has 0 spiro atoms. The van der Waals surface area contributed by atoms with Gasteiger partial charge < -0.3 is 16.0 Å². The van der Waals surface area contributed by atoms with Crippen LogP contribution in [0.15, 0.2) is 18.2 Å². The molecule has 21 heavy (non-hydrogen) atoms. The number of fused-ring (bicyclic) bond motifs is 1. The monoisotopic (exact) mass is 289 g/mol. The summed E-state index contributed by atoms with van der Waals surface area (Å²) in [4.78, 5) is 0. The van der Waals surface area contributed by atoms with Crippen molar-refractivity contribution in [1.29, 1.82) is 0 Å². The number of halogens is 1. The molecule has 1 aliphatic carbocycles. The number of anilines is 1. The first-order chi connectivity index (χ1) is 10.2. The van der Waals surface area contributed by atoms with Crippen LogP contribution in [0.2, 0.25) is 0 Å². The summed E-state index contributed by atoms with van der Waals surface area (Å²) in [6.45, 7) is 3.19. The van der Waals surface area contributed by atoms with Crippen molar-refractivity contribution < 1.29 is 4.39 Å². The van der Waals surface area contributed by atoms with Crippen LogP contribution in [-0.4, -0.2) is 37.9 Å². The third-order valence-corrected chi connectivity index (χ3v) is 5.24. The Morgan fingerprint density at radius 3 is 2.95 bits per heavy atom. The van der Waals surface area contributed by atoms with Crippen LogP contribution in [0.3, 0.4) is 0 Å². The lowest BCUT2D eigenvalue weighted by Crippen LogP contribution is -2.46. The van der Waals surface area contributed by atoms with Gasteiger partial charge in [-0.1, -0.05) is 12.1 Å². The number of alkyl halides is 1. The largest absolute Gasteiger partial charge is 0.384 e. The van der Waals surface area contributed by atoms with Crippen LogP contribution in [0.1, 0.15) is 36.3 Å². The molecule has 3 nitrogen and oxygen atoms in total. The van der Waals surface area contributed by atoms with E-state index >= 15 is 0 Å². The molecule has 1 aromatic carbocycles. The maximum Gasteiger partial charge on any atom is 0.125 e. The van der Waals surface area contributed by atoms with Gasteiger partial charge in [0.2, 0.25) is 0 Å². The number of piperidine rings is 1. The second-order valence-electron chi connectivity index (χ2n) is 6.82. The standard InChI is InChI=1S/C17H24FN3/c18-17(4-7-19-8-5-17)11-21-16-10-14(16)12-1-2-15-13(9-12)3-6-20-15/h1-2,9,14,16,19-21H,3-8,10-11H2. The molecular formula is C17H24FN3. The van der Waals surface area contributed by atoms with E-state index < -0.39 is 5.67 Å². The van der Waals surface area contributed by atoms with Gasteiger partial charge in [-0.05, 0) is 56.0 Å². The van der Waals surface area contributed by atoms with Crippen molar-refractivity contribution in [1.82, 2.24) is 10.6 Å². The first-order valence-corrected chi connectivity index (χ1v) is 8.23. The molecule has 0 aromatic heterocycles. The number of hydrogen-bond acceptors (Lipinski definition) is 3. The molecule has 2 heterocycles. The molecule has 3 aliphatic rings. The van der Waals surface area contributed by atoms with Crippen molar-refractivity contribution in [3.63, 3.8) is 0 Å². The van der Waals surface area contributed by atoms with Crippen molar-refractivity contribution in [2.75, 3.05) is 31.5 Å². The summed E-state index contributed by atoms with van der Waals surface area (Å²) >= 11 is 0. The van der Waals surface area contributed by atoms with Gasteiger partial charge in [0.05, 0.1) is 0 Å². The Balaban J connectivity index is 1.33. The Morgan fingerprint density at radius 2 is 2.10 bits per heavy atom. The molecule has 3 N–H and O–H groups in total. The van der Waals surface area contributed by atoms with E-state index in [1.807, 2.05) is 0 Å². The van der Waals surface area contributed by atoms with Crippen LogP contribution in [-0.2, 0) is 6.42 Å². The number of nitrogens with one attached hydrogen (secondary N) is 3. The Morgan fingerprint density at radius 1 is 1.24 bits per heavy atom. The first-order valence-electron chi connectivity index (χ1n) is 8.23. The normalized spacial score (nSPS) is 29.8. The van der Waals surface area contributed by atoms with Crippen molar-refractivity contribution in [2.45, 2.75) is 43.3 Å². The molecule has 0 amide bonds. The van der Waals surface area contributed by atoms with Gasteiger partial charge in [-0.2, -0.15) is 0 Å². The predicted octanol–water partition coefficient (Wildman–Crippen LogP) is 2.19. The molecule has 2 unspecified atom stereocenters. The van der Waals surface area contributed by atoms with Gasteiger partial charge in [-0.25, -0.2) is 4.39 Å².